The molecule has 8 nitrogen and oxygen atoms in total. The van der Waals surface area contributed by atoms with E-state index in [4.69, 9.17) is 21.1 Å². The maximum atomic E-state index is 13.6. The van der Waals surface area contributed by atoms with Gasteiger partial charge in [-0.2, -0.15) is 13.2 Å². The molecule has 2 atom stereocenters. The van der Waals surface area contributed by atoms with Crippen LogP contribution in [0.3, 0.4) is 0 Å². The number of hydrogen-bond donors (Lipinski definition) is 2. The van der Waals surface area contributed by atoms with Crippen LogP contribution in [0, 0.1) is 0 Å². The van der Waals surface area contributed by atoms with Gasteiger partial charge in [0.2, 0.25) is 5.91 Å². The molecule has 2 N–H and O–H groups in total. The summed E-state index contributed by atoms with van der Waals surface area (Å²) in [6, 6.07) is 6.50. The van der Waals surface area contributed by atoms with E-state index in [2.05, 4.69) is 10.6 Å². The lowest BCUT2D eigenvalue weighted by Crippen LogP contribution is -2.57. The van der Waals surface area contributed by atoms with E-state index in [-0.39, 0.29) is 18.2 Å². The van der Waals surface area contributed by atoms with Crippen molar-refractivity contribution in [3.05, 3.63) is 58.6 Å². The number of hydrogen-bond acceptors (Lipinski definition) is 5. The fourth-order valence-electron chi connectivity index (χ4n) is 4.10. The van der Waals surface area contributed by atoms with Crippen LogP contribution in [0.25, 0.3) is 0 Å². The molecule has 1 heterocycles. The molecule has 0 fully saturated rings. The molecule has 0 spiro atoms. The summed E-state index contributed by atoms with van der Waals surface area (Å²) in [6.45, 7) is 8.11. The van der Waals surface area contributed by atoms with Crippen LogP contribution >= 0.6 is 11.6 Å². The molecule has 0 bridgehead atoms. The van der Waals surface area contributed by atoms with Crippen LogP contribution in [-0.2, 0) is 26.9 Å². The highest BCUT2D eigenvalue weighted by Crippen LogP contribution is 2.35. The van der Waals surface area contributed by atoms with Gasteiger partial charge in [-0.05, 0) is 58.4 Å². The number of halogens is 4. The molecule has 0 saturated heterocycles. The number of alkyl halides is 3. The summed E-state index contributed by atoms with van der Waals surface area (Å²) in [4.78, 5) is 40.9. The second-order valence-corrected chi connectivity index (χ2v) is 10.8. The summed E-state index contributed by atoms with van der Waals surface area (Å²) >= 11 is 6.09. The topological polar surface area (TPSA) is 97.0 Å². The molecule has 12 heteroatoms. The lowest BCUT2D eigenvalue weighted by Gasteiger charge is -2.29. The van der Waals surface area contributed by atoms with Crippen molar-refractivity contribution in [1.82, 2.24) is 10.6 Å². The number of benzene rings is 2. The zero-order valence-electron chi connectivity index (χ0n) is 22.2. The predicted octanol–water partition coefficient (Wildman–Crippen LogP) is 5.11. The van der Waals surface area contributed by atoms with Crippen LogP contribution in [0.4, 0.5) is 23.7 Å². The van der Waals surface area contributed by atoms with Gasteiger partial charge >= 0.3 is 12.3 Å². The summed E-state index contributed by atoms with van der Waals surface area (Å²) in [5, 5.41) is 5.29. The number of carbonyl (C=O) groups excluding carboxylic acids is 3. The number of rotatable bonds is 6. The SMILES string of the molecule is CC(C)N1C(=O)[C@H](NC(=O)[C@@H](Cc2ccccc2C(F)(F)F)NC(=O)OC(C)(C)C)COc2cc(Cl)ccc21. The molecule has 212 valence electrons. The van der Waals surface area contributed by atoms with Crippen molar-refractivity contribution < 1.29 is 37.0 Å². The lowest BCUT2D eigenvalue weighted by molar-refractivity contribution is -0.138. The average Bonchev–Trinajstić information content (AvgIpc) is 2.93. The molecule has 0 aliphatic carbocycles. The Morgan fingerprint density at radius 2 is 1.82 bits per heavy atom. The van der Waals surface area contributed by atoms with Crippen LogP contribution in [0.15, 0.2) is 42.5 Å². The number of fused-ring (bicyclic) bond motifs is 1. The molecular weight excluding hydrogens is 539 g/mol. The smallest absolute Gasteiger partial charge is 0.416 e. The third-order valence-corrected chi connectivity index (χ3v) is 5.94. The van der Waals surface area contributed by atoms with Crippen molar-refractivity contribution in [3.8, 4) is 5.75 Å². The van der Waals surface area contributed by atoms with E-state index < -0.39 is 53.8 Å². The van der Waals surface area contributed by atoms with Crippen molar-refractivity contribution in [1.29, 1.82) is 0 Å². The number of amides is 3. The second-order valence-electron chi connectivity index (χ2n) is 10.3. The number of carbonyl (C=O) groups is 3. The number of alkyl carbamates (subject to hydrolysis) is 1. The Balaban J connectivity index is 1.90. The van der Waals surface area contributed by atoms with Gasteiger partial charge in [0, 0.05) is 23.6 Å². The minimum atomic E-state index is -4.68. The van der Waals surface area contributed by atoms with Gasteiger partial charge in [-0.25, -0.2) is 4.79 Å². The molecule has 3 rings (SSSR count). The zero-order chi connectivity index (χ0) is 29.1. The summed E-state index contributed by atoms with van der Waals surface area (Å²) in [7, 11) is 0. The van der Waals surface area contributed by atoms with E-state index in [1.807, 2.05) is 0 Å². The Kier molecular flexibility index (Phi) is 9.05. The maximum Gasteiger partial charge on any atom is 0.416 e. The van der Waals surface area contributed by atoms with E-state index in [9.17, 15) is 27.6 Å². The van der Waals surface area contributed by atoms with Crippen molar-refractivity contribution in [2.75, 3.05) is 11.5 Å². The fraction of sp³-hybridized carbons (Fsp3) is 0.444. The Morgan fingerprint density at radius 3 is 2.44 bits per heavy atom. The summed E-state index contributed by atoms with van der Waals surface area (Å²) in [5.74, 6) is -1.04. The van der Waals surface area contributed by atoms with E-state index in [1.54, 1.807) is 52.8 Å². The van der Waals surface area contributed by atoms with Crippen LogP contribution in [0.5, 0.6) is 5.75 Å². The van der Waals surface area contributed by atoms with Gasteiger partial charge in [-0.1, -0.05) is 29.8 Å². The molecular formula is C27H31ClF3N3O5. The highest BCUT2D eigenvalue weighted by molar-refractivity contribution is 6.30. The van der Waals surface area contributed by atoms with Crippen molar-refractivity contribution in [3.63, 3.8) is 0 Å². The van der Waals surface area contributed by atoms with Gasteiger partial charge in [0.25, 0.3) is 5.91 Å². The van der Waals surface area contributed by atoms with E-state index >= 15 is 0 Å². The van der Waals surface area contributed by atoms with Gasteiger partial charge in [-0.3, -0.25) is 9.59 Å². The maximum absolute atomic E-state index is 13.6. The van der Waals surface area contributed by atoms with Crippen molar-refractivity contribution in [2.24, 2.45) is 0 Å². The molecule has 0 unspecified atom stereocenters. The molecule has 1 aliphatic rings. The van der Waals surface area contributed by atoms with E-state index in [0.29, 0.717) is 16.5 Å². The molecule has 2 aromatic carbocycles. The first-order valence-electron chi connectivity index (χ1n) is 12.3. The monoisotopic (exact) mass is 569 g/mol. The Morgan fingerprint density at radius 1 is 1.15 bits per heavy atom. The normalized spacial score (nSPS) is 16.6. The van der Waals surface area contributed by atoms with Crippen LogP contribution in [0.2, 0.25) is 5.02 Å². The summed E-state index contributed by atoms with van der Waals surface area (Å²) in [6.07, 6.45) is -6.19. The number of anilines is 1. The van der Waals surface area contributed by atoms with Crippen LogP contribution in [0.1, 0.15) is 45.7 Å². The van der Waals surface area contributed by atoms with Crippen LogP contribution < -0.4 is 20.3 Å². The number of nitrogens with zero attached hydrogens (tertiary/aromatic N) is 1. The summed E-state index contributed by atoms with van der Waals surface area (Å²) in [5.41, 5.74) is -1.62. The van der Waals surface area contributed by atoms with Gasteiger partial charge in [0.15, 0.2) is 0 Å². The molecule has 2 aromatic rings. The predicted molar refractivity (Wildman–Crippen MR) is 140 cm³/mol. The first kappa shape index (κ1) is 30.1. The minimum Gasteiger partial charge on any atom is -0.489 e. The van der Waals surface area contributed by atoms with Gasteiger partial charge in [-0.15, -0.1) is 0 Å². The first-order chi connectivity index (χ1) is 18.1. The standard InChI is InChI=1S/C27H31ClF3N3O5/c1-15(2)34-21-11-10-17(28)13-22(21)38-14-20(24(34)36)32-23(35)19(33-25(37)39-26(3,4)5)12-16-8-6-7-9-18(16)27(29,30)31/h6-11,13,15,19-20H,12,14H2,1-5H3,(H,32,35)(H,33,37)/t19-,20-/m1/s1. The van der Waals surface area contributed by atoms with E-state index in [0.717, 1.165) is 6.07 Å². The van der Waals surface area contributed by atoms with Gasteiger partial charge < -0.3 is 25.0 Å². The molecule has 39 heavy (non-hydrogen) atoms. The average molecular weight is 570 g/mol. The third kappa shape index (κ3) is 7.78. The molecule has 1 aliphatic heterocycles. The number of nitrogens with one attached hydrogen (secondary N) is 2. The fourth-order valence-corrected chi connectivity index (χ4v) is 4.26. The highest BCUT2D eigenvalue weighted by Gasteiger charge is 2.38. The molecule has 3 amide bonds. The largest absolute Gasteiger partial charge is 0.489 e. The zero-order valence-corrected chi connectivity index (χ0v) is 22.9. The highest BCUT2D eigenvalue weighted by atomic mass is 35.5. The molecule has 0 aromatic heterocycles. The summed E-state index contributed by atoms with van der Waals surface area (Å²) < 4.78 is 51.9. The van der Waals surface area contributed by atoms with E-state index in [1.165, 1.54) is 23.1 Å². The van der Waals surface area contributed by atoms with Gasteiger partial charge in [0.1, 0.15) is 30.0 Å². The molecule has 0 saturated carbocycles. The quantitative estimate of drug-likeness (QED) is 0.504. The Labute approximate surface area is 229 Å². The third-order valence-electron chi connectivity index (χ3n) is 5.71. The second kappa shape index (κ2) is 11.7. The van der Waals surface area contributed by atoms with Gasteiger partial charge in [0.05, 0.1) is 11.3 Å². The van der Waals surface area contributed by atoms with Crippen LogP contribution in [-0.4, -0.2) is 48.2 Å². The Hall–Kier alpha value is -3.47. The number of ether oxygens (including phenoxy) is 2. The van der Waals surface area contributed by atoms with Crippen molar-refractivity contribution >= 4 is 35.2 Å². The first-order valence-corrected chi connectivity index (χ1v) is 12.6. The minimum absolute atomic E-state index is 0.212. The van der Waals surface area contributed by atoms with Crippen molar-refractivity contribution in [2.45, 2.75) is 70.9 Å². The lowest BCUT2D eigenvalue weighted by atomic mass is 9.99. The Bertz CT molecular complexity index is 1230. The molecule has 0 radical (unpaired) electrons.